The normalized spacial score (nSPS) is 19.3. The maximum Gasteiger partial charge on any atom is 0.133 e. The lowest BCUT2D eigenvalue weighted by Crippen LogP contribution is -2.40. The van der Waals surface area contributed by atoms with Crippen molar-refractivity contribution in [2.45, 2.75) is 0 Å². The zero-order valence-electron chi connectivity index (χ0n) is 7.29. The van der Waals surface area contributed by atoms with Gasteiger partial charge in [-0.15, -0.1) is 0 Å². The Kier molecular flexibility index (Phi) is 4.91. The molecule has 1 saturated heterocycles. The van der Waals surface area contributed by atoms with Crippen LogP contribution in [0, 0.1) is 0 Å². The second-order valence-corrected chi connectivity index (χ2v) is 2.82. The fourth-order valence-corrected chi connectivity index (χ4v) is 1.22. The smallest absolute Gasteiger partial charge is 0.133 e. The number of hydrogen-bond donors (Lipinski definition) is 1. The molecule has 1 heterocycles. The fourth-order valence-electron chi connectivity index (χ4n) is 1.22. The van der Waals surface area contributed by atoms with Gasteiger partial charge in [-0.1, -0.05) is 0 Å². The molecule has 0 saturated carbocycles. The van der Waals surface area contributed by atoms with E-state index in [-0.39, 0.29) is 0 Å². The first kappa shape index (κ1) is 9.64. The van der Waals surface area contributed by atoms with Gasteiger partial charge in [-0.3, -0.25) is 4.90 Å². The van der Waals surface area contributed by atoms with Gasteiger partial charge in [0.2, 0.25) is 0 Å². The standard InChI is InChI=1S/C8H16N2O2/c11-6-2-9-1-3-10-4-7-12-8-5-10/h6,9H,1-5,7-8H2. The summed E-state index contributed by atoms with van der Waals surface area (Å²) in [6, 6.07) is 0. The van der Waals surface area contributed by atoms with Crippen LogP contribution >= 0.6 is 0 Å². The van der Waals surface area contributed by atoms with Crippen molar-refractivity contribution in [3.8, 4) is 0 Å². The van der Waals surface area contributed by atoms with Gasteiger partial charge >= 0.3 is 0 Å². The number of ether oxygens (including phenoxy) is 1. The lowest BCUT2D eigenvalue weighted by Gasteiger charge is -2.26. The third-order valence-corrected chi connectivity index (χ3v) is 1.94. The van der Waals surface area contributed by atoms with Gasteiger partial charge in [0.25, 0.3) is 0 Å². The Morgan fingerprint density at radius 1 is 1.42 bits per heavy atom. The van der Waals surface area contributed by atoms with E-state index in [0.717, 1.165) is 45.7 Å². The van der Waals surface area contributed by atoms with Gasteiger partial charge in [0.1, 0.15) is 6.29 Å². The molecule has 1 aliphatic rings. The molecule has 0 aliphatic carbocycles. The highest BCUT2D eigenvalue weighted by Crippen LogP contribution is 1.94. The summed E-state index contributed by atoms with van der Waals surface area (Å²) in [7, 11) is 0. The van der Waals surface area contributed by atoms with E-state index >= 15 is 0 Å². The van der Waals surface area contributed by atoms with E-state index in [1.54, 1.807) is 0 Å². The van der Waals surface area contributed by atoms with Crippen molar-refractivity contribution in [2.75, 3.05) is 45.9 Å². The van der Waals surface area contributed by atoms with Gasteiger partial charge in [0.15, 0.2) is 0 Å². The minimum absolute atomic E-state index is 0.463. The Morgan fingerprint density at radius 2 is 2.17 bits per heavy atom. The number of carbonyl (C=O) groups excluding carboxylic acids is 1. The zero-order valence-corrected chi connectivity index (χ0v) is 7.29. The number of aldehydes is 1. The molecule has 0 radical (unpaired) electrons. The summed E-state index contributed by atoms with van der Waals surface area (Å²) in [5.74, 6) is 0. The highest BCUT2D eigenvalue weighted by molar-refractivity contribution is 5.51. The quantitative estimate of drug-likeness (QED) is 0.431. The van der Waals surface area contributed by atoms with Crippen molar-refractivity contribution in [3.63, 3.8) is 0 Å². The minimum Gasteiger partial charge on any atom is -0.379 e. The first-order valence-electron chi connectivity index (χ1n) is 4.38. The average molecular weight is 172 g/mol. The van der Waals surface area contributed by atoms with Crippen molar-refractivity contribution in [1.82, 2.24) is 10.2 Å². The maximum atomic E-state index is 9.96. The largest absolute Gasteiger partial charge is 0.379 e. The van der Waals surface area contributed by atoms with Crippen molar-refractivity contribution in [1.29, 1.82) is 0 Å². The number of morpholine rings is 1. The molecule has 0 aromatic carbocycles. The summed E-state index contributed by atoms with van der Waals surface area (Å²) in [5.41, 5.74) is 0. The number of carbonyl (C=O) groups is 1. The summed E-state index contributed by atoms with van der Waals surface area (Å²) in [6.07, 6.45) is 0.888. The zero-order chi connectivity index (χ0) is 8.65. The second kappa shape index (κ2) is 6.11. The number of nitrogens with one attached hydrogen (secondary N) is 1. The topological polar surface area (TPSA) is 41.6 Å². The summed E-state index contributed by atoms with van der Waals surface area (Å²) in [4.78, 5) is 12.3. The van der Waals surface area contributed by atoms with E-state index in [4.69, 9.17) is 4.74 Å². The van der Waals surface area contributed by atoms with Crippen LogP contribution in [0.1, 0.15) is 0 Å². The summed E-state index contributed by atoms with van der Waals surface area (Å²) >= 11 is 0. The molecule has 70 valence electrons. The summed E-state index contributed by atoms with van der Waals surface area (Å²) in [5, 5.41) is 3.03. The molecular weight excluding hydrogens is 156 g/mol. The van der Waals surface area contributed by atoms with E-state index < -0.39 is 0 Å². The molecule has 12 heavy (non-hydrogen) atoms. The van der Waals surface area contributed by atoms with E-state index in [9.17, 15) is 4.79 Å². The van der Waals surface area contributed by atoms with Crippen molar-refractivity contribution in [2.24, 2.45) is 0 Å². The number of hydrogen-bond acceptors (Lipinski definition) is 4. The molecule has 0 bridgehead atoms. The average Bonchev–Trinajstić information content (AvgIpc) is 2.14. The van der Waals surface area contributed by atoms with Gasteiger partial charge in [-0.2, -0.15) is 0 Å². The Labute approximate surface area is 72.9 Å². The van der Waals surface area contributed by atoms with Crippen molar-refractivity contribution < 1.29 is 9.53 Å². The molecule has 1 aliphatic heterocycles. The van der Waals surface area contributed by atoms with Crippen LogP contribution in [-0.4, -0.2) is 57.1 Å². The number of rotatable bonds is 5. The van der Waals surface area contributed by atoms with Gasteiger partial charge < -0.3 is 14.8 Å². The highest BCUT2D eigenvalue weighted by atomic mass is 16.5. The van der Waals surface area contributed by atoms with Gasteiger partial charge in [-0.05, 0) is 0 Å². The van der Waals surface area contributed by atoms with Crippen LogP contribution in [-0.2, 0) is 9.53 Å². The van der Waals surface area contributed by atoms with Crippen LogP contribution in [0.25, 0.3) is 0 Å². The summed E-state index contributed by atoms with van der Waals surface area (Å²) in [6.45, 7) is 6.08. The van der Waals surface area contributed by atoms with Crippen molar-refractivity contribution >= 4 is 6.29 Å². The van der Waals surface area contributed by atoms with E-state index in [1.807, 2.05) is 0 Å². The van der Waals surface area contributed by atoms with Crippen LogP contribution in [0.15, 0.2) is 0 Å². The Balaban J connectivity index is 1.94. The molecule has 4 heteroatoms. The van der Waals surface area contributed by atoms with Crippen LogP contribution in [0.3, 0.4) is 0 Å². The second-order valence-electron chi connectivity index (χ2n) is 2.82. The molecule has 0 aromatic rings. The molecule has 0 amide bonds. The van der Waals surface area contributed by atoms with Crippen LogP contribution < -0.4 is 5.32 Å². The van der Waals surface area contributed by atoms with Gasteiger partial charge in [0, 0.05) is 26.2 Å². The van der Waals surface area contributed by atoms with Crippen molar-refractivity contribution in [3.05, 3.63) is 0 Å². The third-order valence-electron chi connectivity index (χ3n) is 1.94. The Morgan fingerprint density at radius 3 is 2.83 bits per heavy atom. The predicted molar refractivity (Wildman–Crippen MR) is 46.2 cm³/mol. The molecular formula is C8H16N2O2. The predicted octanol–water partition coefficient (Wildman–Crippen LogP) is -0.893. The Bertz CT molecular complexity index is 124. The third kappa shape index (κ3) is 3.80. The van der Waals surface area contributed by atoms with Crippen LogP contribution in [0.4, 0.5) is 0 Å². The lowest BCUT2D eigenvalue weighted by atomic mass is 10.4. The maximum absolute atomic E-state index is 9.96. The van der Waals surface area contributed by atoms with Gasteiger partial charge in [0.05, 0.1) is 19.8 Å². The molecule has 1 rings (SSSR count). The first-order chi connectivity index (χ1) is 5.93. The molecule has 0 unspecified atom stereocenters. The van der Waals surface area contributed by atoms with E-state index in [1.165, 1.54) is 0 Å². The molecule has 4 nitrogen and oxygen atoms in total. The fraction of sp³-hybridized carbons (Fsp3) is 0.875. The minimum atomic E-state index is 0.463. The van der Waals surface area contributed by atoms with E-state index in [0.29, 0.717) is 6.54 Å². The molecule has 0 spiro atoms. The van der Waals surface area contributed by atoms with Gasteiger partial charge in [-0.25, -0.2) is 0 Å². The Hall–Kier alpha value is -0.450. The highest BCUT2D eigenvalue weighted by Gasteiger charge is 2.08. The first-order valence-corrected chi connectivity index (χ1v) is 4.38. The molecule has 0 atom stereocenters. The monoisotopic (exact) mass is 172 g/mol. The van der Waals surface area contributed by atoms with Crippen LogP contribution in [0.5, 0.6) is 0 Å². The SMILES string of the molecule is O=CCNCCN1CCOCC1. The number of nitrogens with zero attached hydrogens (tertiary/aromatic N) is 1. The molecule has 0 aromatic heterocycles. The molecule has 1 fully saturated rings. The van der Waals surface area contributed by atoms with Crippen LogP contribution in [0.2, 0.25) is 0 Å². The summed E-state index contributed by atoms with van der Waals surface area (Å²) < 4.78 is 5.21. The molecule has 1 N–H and O–H groups in total. The van der Waals surface area contributed by atoms with E-state index in [2.05, 4.69) is 10.2 Å². The lowest BCUT2D eigenvalue weighted by molar-refractivity contribution is -0.107.